The number of aromatic nitrogens is 6. The smallest absolute Gasteiger partial charge is 0.256 e. The van der Waals surface area contributed by atoms with E-state index in [0.717, 1.165) is 16.6 Å². The molecule has 5 rings (SSSR count). The number of aryl methyl sites for hydroxylation is 1. The molecular formula is C21H16N8O2. The Hall–Kier alpha value is -4.60. The van der Waals surface area contributed by atoms with Crippen LogP contribution in [0.4, 0.5) is 17.3 Å². The molecule has 0 aliphatic carbocycles. The summed E-state index contributed by atoms with van der Waals surface area (Å²) in [6.07, 6.45) is 6.23. The number of amides is 1. The predicted octanol–water partition coefficient (Wildman–Crippen LogP) is 3.50. The molecule has 10 nitrogen and oxygen atoms in total. The Kier molecular flexibility index (Phi) is 4.56. The zero-order valence-electron chi connectivity index (χ0n) is 16.4. The van der Waals surface area contributed by atoms with E-state index in [4.69, 9.17) is 4.52 Å². The van der Waals surface area contributed by atoms with Gasteiger partial charge in [0.25, 0.3) is 5.91 Å². The minimum Gasteiger partial charge on any atom is -0.363 e. The van der Waals surface area contributed by atoms with E-state index in [1.54, 1.807) is 35.3 Å². The molecule has 0 spiro atoms. The highest BCUT2D eigenvalue weighted by Gasteiger charge is 2.14. The molecule has 0 saturated heterocycles. The minimum atomic E-state index is -0.298. The van der Waals surface area contributed by atoms with E-state index < -0.39 is 0 Å². The van der Waals surface area contributed by atoms with Crippen LogP contribution in [0.2, 0.25) is 0 Å². The van der Waals surface area contributed by atoms with Crippen molar-refractivity contribution >= 4 is 34.3 Å². The lowest BCUT2D eigenvalue weighted by molar-refractivity contribution is 0.102. The molecule has 4 heterocycles. The highest BCUT2D eigenvalue weighted by molar-refractivity contribution is 6.04. The third-order valence-corrected chi connectivity index (χ3v) is 4.66. The SMILES string of the molecule is Cc1ccc(C(=O)Nc2ccon2)cc1Nc1ncnc2c1cnn2-c1ccccn1. The van der Waals surface area contributed by atoms with Crippen LogP contribution in [0.15, 0.2) is 72.0 Å². The molecule has 5 aromatic rings. The van der Waals surface area contributed by atoms with Crippen molar-refractivity contribution in [3.63, 3.8) is 0 Å². The molecule has 0 aliphatic rings. The van der Waals surface area contributed by atoms with Crippen molar-refractivity contribution in [2.24, 2.45) is 0 Å². The Balaban J connectivity index is 1.47. The van der Waals surface area contributed by atoms with Gasteiger partial charge in [-0.05, 0) is 36.8 Å². The molecule has 2 N–H and O–H groups in total. The van der Waals surface area contributed by atoms with Crippen LogP contribution in [0.5, 0.6) is 0 Å². The maximum atomic E-state index is 12.5. The van der Waals surface area contributed by atoms with Crippen LogP contribution in [-0.2, 0) is 0 Å². The molecule has 0 bridgehead atoms. The van der Waals surface area contributed by atoms with E-state index in [-0.39, 0.29) is 5.91 Å². The van der Waals surface area contributed by atoms with Crippen LogP contribution >= 0.6 is 0 Å². The Morgan fingerprint density at radius 3 is 2.84 bits per heavy atom. The summed E-state index contributed by atoms with van der Waals surface area (Å²) in [5, 5.41) is 14.8. The first-order chi connectivity index (χ1) is 15.2. The topological polar surface area (TPSA) is 124 Å². The van der Waals surface area contributed by atoms with Crippen molar-refractivity contribution in [1.29, 1.82) is 0 Å². The summed E-state index contributed by atoms with van der Waals surface area (Å²) in [5.74, 6) is 1.28. The predicted molar refractivity (Wildman–Crippen MR) is 113 cm³/mol. The van der Waals surface area contributed by atoms with Gasteiger partial charge in [-0.2, -0.15) is 9.78 Å². The molecular weight excluding hydrogens is 396 g/mol. The number of hydrogen-bond donors (Lipinski definition) is 2. The highest BCUT2D eigenvalue weighted by atomic mass is 16.5. The Labute approximate surface area is 176 Å². The van der Waals surface area contributed by atoms with Gasteiger partial charge in [-0.15, -0.1) is 0 Å². The average Bonchev–Trinajstić information content (AvgIpc) is 3.46. The van der Waals surface area contributed by atoms with Gasteiger partial charge >= 0.3 is 0 Å². The second-order valence-electron chi connectivity index (χ2n) is 6.70. The quantitative estimate of drug-likeness (QED) is 0.449. The molecule has 0 unspecified atom stereocenters. The molecule has 0 aliphatic heterocycles. The third kappa shape index (κ3) is 3.57. The standard InChI is InChI=1S/C21H16N8O2/c1-13-5-6-14(21(30)27-17-7-9-31-28-17)10-16(13)26-19-15-11-25-29(20(15)24-12-23-19)18-4-2-3-8-22-18/h2-12H,1H3,(H,23,24,26)(H,27,28,30). The molecule has 31 heavy (non-hydrogen) atoms. The maximum Gasteiger partial charge on any atom is 0.256 e. The number of benzene rings is 1. The maximum absolute atomic E-state index is 12.5. The number of nitrogens with zero attached hydrogens (tertiary/aromatic N) is 6. The zero-order valence-corrected chi connectivity index (χ0v) is 16.4. The van der Waals surface area contributed by atoms with Gasteiger partial charge in [0.05, 0.1) is 11.6 Å². The van der Waals surface area contributed by atoms with Crippen LogP contribution < -0.4 is 10.6 Å². The van der Waals surface area contributed by atoms with E-state index in [1.165, 1.54) is 12.6 Å². The zero-order chi connectivity index (χ0) is 21.2. The lowest BCUT2D eigenvalue weighted by atomic mass is 10.1. The molecule has 0 radical (unpaired) electrons. The Morgan fingerprint density at radius 1 is 1.10 bits per heavy atom. The van der Waals surface area contributed by atoms with Gasteiger partial charge in [0.15, 0.2) is 17.3 Å². The summed E-state index contributed by atoms with van der Waals surface area (Å²) >= 11 is 0. The van der Waals surface area contributed by atoms with Gasteiger partial charge in [-0.1, -0.05) is 17.3 Å². The number of hydrogen-bond acceptors (Lipinski definition) is 8. The van der Waals surface area contributed by atoms with Gasteiger partial charge < -0.3 is 15.2 Å². The third-order valence-electron chi connectivity index (χ3n) is 4.66. The summed E-state index contributed by atoms with van der Waals surface area (Å²) in [7, 11) is 0. The van der Waals surface area contributed by atoms with Crippen LogP contribution in [-0.4, -0.2) is 35.8 Å². The summed E-state index contributed by atoms with van der Waals surface area (Å²) in [5.41, 5.74) is 2.76. The first kappa shape index (κ1) is 18.4. The summed E-state index contributed by atoms with van der Waals surface area (Å²) in [4.78, 5) is 25.6. The van der Waals surface area contributed by atoms with Crippen LogP contribution in [0, 0.1) is 6.92 Å². The average molecular weight is 412 g/mol. The van der Waals surface area contributed by atoms with Gasteiger partial charge in [0.1, 0.15) is 18.4 Å². The fraction of sp³-hybridized carbons (Fsp3) is 0.0476. The van der Waals surface area contributed by atoms with E-state index in [9.17, 15) is 4.79 Å². The normalized spacial score (nSPS) is 10.9. The molecule has 0 saturated carbocycles. The number of fused-ring (bicyclic) bond motifs is 1. The molecule has 0 atom stereocenters. The number of anilines is 3. The van der Waals surface area contributed by atoms with Crippen molar-refractivity contribution in [1.82, 2.24) is 29.9 Å². The summed E-state index contributed by atoms with van der Waals surface area (Å²) < 4.78 is 6.39. The Morgan fingerprint density at radius 2 is 2.03 bits per heavy atom. The van der Waals surface area contributed by atoms with E-state index >= 15 is 0 Å². The first-order valence-corrected chi connectivity index (χ1v) is 9.38. The van der Waals surface area contributed by atoms with Crippen LogP contribution in [0.1, 0.15) is 15.9 Å². The van der Waals surface area contributed by atoms with Crippen molar-refractivity contribution in [3.8, 4) is 5.82 Å². The lowest BCUT2D eigenvalue weighted by Gasteiger charge is -2.11. The summed E-state index contributed by atoms with van der Waals surface area (Å²) in [6.45, 7) is 1.94. The minimum absolute atomic E-state index is 0.298. The highest BCUT2D eigenvalue weighted by Crippen LogP contribution is 2.26. The van der Waals surface area contributed by atoms with Crippen LogP contribution in [0.3, 0.4) is 0 Å². The number of nitrogens with one attached hydrogen (secondary N) is 2. The fourth-order valence-electron chi connectivity index (χ4n) is 3.08. The number of pyridine rings is 1. The number of rotatable bonds is 5. The van der Waals surface area contributed by atoms with Crippen molar-refractivity contribution in [2.75, 3.05) is 10.6 Å². The van der Waals surface area contributed by atoms with E-state index in [2.05, 4.69) is 35.8 Å². The summed E-state index contributed by atoms with van der Waals surface area (Å²) in [6, 6.07) is 12.5. The van der Waals surface area contributed by atoms with Gasteiger partial charge in [-0.25, -0.2) is 15.0 Å². The largest absolute Gasteiger partial charge is 0.363 e. The van der Waals surface area contributed by atoms with E-state index in [0.29, 0.717) is 28.7 Å². The van der Waals surface area contributed by atoms with E-state index in [1.807, 2.05) is 31.2 Å². The second kappa shape index (κ2) is 7.67. The lowest BCUT2D eigenvalue weighted by Crippen LogP contribution is -2.12. The van der Waals surface area contributed by atoms with Crippen molar-refractivity contribution < 1.29 is 9.32 Å². The Bertz CT molecular complexity index is 1360. The number of carbonyl (C=O) groups excluding carboxylic acids is 1. The van der Waals surface area contributed by atoms with Crippen molar-refractivity contribution in [2.45, 2.75) is 6.92 Å². The molecule has 4 aromatic heterocycles. The number of carbonyl (C=O) groups is 1. The monoisotopic (exact) mass is 412 g/mol. The second-order valence-corrected chi connectivity index (χ2v) is 6.70. The van der Waals surface area contributed by atoms with Gasteiger partial charge in [0, 0.05) is 23.5 Å². The molecule has 0 fully saturated rings. The van der Waals surface area contributed by atoms with Gasteiger partial charge in [-0.3, -0.25) is 4.79 Å². The first-order valence-electron chi connectivity index (χ1n) is 9.38. The van der Waals surface area contributed by atoms with Gasteiger partial charge in [0.2, 0.25) is 0 Å². The molecule has 1 amide bonds. The fourth-order valence-corrected chi connectivity index (χ4v) is 3.08. The molecule has 152 valence electrons. The molecule has 10 heteroatoms. The van der Waals surface area contributed by atoms with Crippen LogP contribution in [0.25, 0.3) is 16.9 Å². The molecule has 1 aromatic carbocycles. The van der Waals surface area contributed by atoms with Crippen molar-refractivity contribution in [3.05, 3.63) is 78.6 Å².